The van der Waals surface area contributed by atoms with E-state index >= 15 is 0 Å². The molecule has 2 saturated heterocycles. The van der Waals surface area contributed by atoms with Crippen LogP contribution in [0, 0.1) is 0 Å². The number of carbonyl (C=O) groups excluding carboxylic acids is 2. The minimum absolute atomic E-state index is 0.0441. The van der Waals surface area contributed by atoms with E-state index in [9.17, 15) is 9.59 Å². The molecule has 0 bridgehead atoms. The highest BCUT2D eigenvalue weighted by Gasteiger charge is 2.26. The maximum absolute atomic E-state index is 12.7. The molecule has 1 aromatic carbocycles. The number of likely N-dealkylation sites (tertiary alicyclic amines) is 1. The number of morpholine rings is 1. The van der Waals surface area contributed by atoms with Gasteiger partial charge in [-0.1, -0.05) is 11.6 Å². The van der Waals surface area contributed by atoms with Crippen LogP contribution in [0.2, 0.25) is 5.02 Å². The van der Waals surface area contributed by atoms with E-state index in [0.29, 0.717) is 36.0 Å². The van der Waals surface area contributed by atoms with Crippen molar-refractivity contribution < 1.29 is 14.3 Å². The number of piperidine rings is 1. The van der Waals surface area contributed by atoms with Crippen LogP contribution in [0.3, 0.4) is 0 Å². The normalized spacial score (nSPS) is 24.0. The summed E-state index contributed by atoms with van der Waals surface area (Å²) in [7, 11) is 0. The Morgan fingerprint density at radius 3 is 2.88 bits per heavy atom. The molecule has 3 rings (SSSR count). The van der Waals surface area contributed by atoms with Crippen molar-refractivity contribution in [2.24, 2.45) is 0 Å². The summed E-state index contributed by atoms with van der Waals surface area (Å²) >= 11 is 6.32. The average molecular weight is 366 g/mol. The highest BCUT2D eigenvalue weighted by molar-refractivity contribution is 6.34. The number of nitrogens with one attached hydrogen (secondary N) is 2. The van der Waals surface area contributed by atoms with E-state index < -0.39 is 0 Å². The Morgan fingerprint density at radius 1 is 1.36 bits per heavy atom. The number of anilines is 1. The van der Waals surface area contributed by atoms with Crippen LogP contribution in [-0.2, 0) is 9.53 Å². The van der Waals surface area contributed by atoms with Gasteiger partial charge in [-0.05, 0) is 44.4 Å². The zero-order chi connectivity index (χ0) is 17.8. The molecule has 2 unspecified atom stereocenters. The number of amides is 2. The standard InChI is InChI=1S/C18H24ClN3O3/c1-12-4-2-3-8-22(12)18(24)14-6-5-13(10-15(14)19)21-17(23)16-11-25-9-7-20-16/h5-6,10,12,16,20H,2-4,7-9,11H2,1H3,(H,21,23). The number of ether oxygens (including phenoxy) is 1. The predicted molar refractivity (Wildman–Crippen MR) is 97.0 cm³/mol. The minimum Gasteiger partial charge on any atom is -0.378 e. The number of rotatable bonds is 3. The van der Waals surface area contributed by atoms with E-state index in [-0.39, 0.29) is 23.9 Å². The SMILES string of the molecule is CC1CCCCN1C(=O)c1ccc(NC(=O)C2COCCN2)cc1Cl. The predicted octanol–water partition coefficient (Wildman–Crippen LogP) is 2.28. The molecule has 2 amide bonds. The molecule has 2 fully saturated rings. The monoisotopic (exact) mass is 365 g/mol. The van der Waals surface area contributed by atoms with Gasteiger partial charge in [0.15, 0.2) is 0 Å². The first kappa shape index (κ1) is 18.2. The lowest BCUT2D eigenvalue weighted by molar-refractivity contribution is -0.120. The summed E-state index contributed by atoms with van der Waals surface area (Å²) in [5.74, 6) is -0.211. The van der Waals surface area contributed by atoms with Crippen LogP contribution >= 0.6 is 11.6 Å². The molecule has 136 valence electrons. The number of hydrogen-bond acceptors (Lipinski definition) is 4. The maximum atomic E-state index is 12.7. The lowest BCUT2D eigenvalue weighted by atomic mass is 10.0. The van der Waals surface area contributed by atoms with Crippen molar-refractivity contribution in [1.82, 2.24) is 10.2 Å². The van der Waals surface area contributed by atoms with Gasteiger partial charge in [0.25, 0.3) is 5.91 Å². The van der Waals surface area contributed by atoms with E-state index in [0.717, 1.165) is 25.8 Å². The highest BCUT2D eigenvalue weighted by atomic mass is 35.5. The van der Waals surface area contributed by atoms with Gasteiger partial charge < -0.3 is 20.3 Å². The van der Waals surface area contributed by atoms with Gasteiger partial charge in [0.1, 0.15) is 6.04 Å². The van der Waals surface area contributed by atoms with Gasteiger partial charge in [-0.15, -0.1) is 0 Å². The Kier molecular flexibility index (Phi) is 5.93. The van der Waals surface area contributed by atoms with Gasteiger partial charge in [0.05, 0.1) is 23.8 Å². The first-order valence-electron chi connectivity index (χ1n) is 8.79. The smallest absolute Gasteiger partial charge is 0.255 e. The first-order valence-corrected chi connectivity index (χ1v) is 9.16. The summed E-state index contributed by atoms with van der Waals surface area (Å²) in [6, 6.07) is 4.89. The van der Waals surface area contributed by atoms with E-state index in [4.69, 9.17) is 16.3 Å². The van der Waals surface area contributed by atoms with Crippen LogP contribution < -0.4 is 10.6 Å². The minimum atomic E-state index is -0.372. The topological polar surface area (TPSA) is 70.7 Å². The van der Waals surface area contributed by atoms with E-state index in [1.807, 2.05) is 4.90 Å². The van der Waals surface area contributed by atoms with Crippen LogP contribution in [0.1, 0.15) is 36.5 Å². The Morgan fingerprint density at radius 2 is 2.20 bits per heavy atom. The second kappa shape index (κ2) is 8.17. The third-order valence-electron chi connectivity index (χ3n) is 4.77. The molecule has 0 aliphatic carbocycles. The molecular weight excluding hydrogens is 342 g/mol. The third kappa shape index (κ3) is 4.32. The van der Waals surface area contributed by atoms with Crippen molar-refractivity contribution in [1.29, 1.82) is 0 Å². The van der Waals surface area contributed by atoms with Gasteiger partial charge in [0.2, 0.25) is 5.91 Å². The number of carbonyl (C=O) groups is 2. The molecule has 2 aliphatic rings. The molecule has 25 heavy (non-hydrogen) atoms. The van der Waals surface area contributed by atoms with Crippen LogP contribution in [0.15, 0.2) is 18.2 Å². The Balaban J connectivity index is 1.67. The van der Waals surface area contributed by atoms with E-state index in [1.54, 1.807) is 18.2 Å². The fourth-order valence-electron chi connectivity index (χ4n) is 3.28. The number of nitrogens with zero attached hydrogens (tertiary/aromatic N) is 1. The van der Waals surface area contributed by atoms with E-state index in [1.165, 1.54) is 0 Å². The molecule has 0 spiro atoms. The van der Waals surface area contributed by atoms with Gasteiger partial charge in [-0.25, -0.2) is 0 Å². The summed E-state index contributed by atoms with van der Waals surface area (Å²) < 4.78 is 5.29. The first-order chi connectivity index (χ1) is 12.1. The molecular formula is C18H24ClN3O3. The lowest BCUT2D eigenvalue weighted by Gasteiger charge is -2.33. The molecule has 0 aromatic heterocycles. The summed E-state index contributed by atoms with van der Waals surface area (Å²) in [6.07, 6.45) is 3.20. The van der Waals surface area contributed by atoms with Crippen molar-refractivity contribution in [3.8, 4) is 0 Å². The molecule has 2 atom stereocenters. The summed E-state index contributed by atoms with van der Waals surface area (Å²) in [5.41, 5.74) is 1.05. The Bertz CT molecular complexity index is 646. The van der Waals surface area contributed by atoms with Crippen molar-refractivity contribution >= 4 is 29.1 Å². The molecule has 2 aliphatic heterocycles. The van der Waals surface area contributed by atoms with Crippen molar-refractivity contribution in [2.45, 2.75) is 38.3 Å². The lowest BCUT2D eigenvalue weighted by Crippen LogP contribution is -2.48. The quantitative estimate of drug-likeness (QED) is 0.862. The fraction of sp³-hybridized carbons (Fsp3) is 0.556. The van der Waals surface area contributed by atoms with E-state index in [2.05, 4.69) is 17.6 Å². The highest BCUT2D eigenvalue weighted by Crippen LogP contribution is 2.26. The second-order valence-corrected chi connectivity index (χ2v) is 7.02. The fourth-order valence-corrected chi connectivity index (χ4v) is 3.55. The van der Waals surface area contributed by atoms with Crippen molar-refractivity contribution in [3.63, 3.8) is 0 Å². The van der Waals surface area contributed by atoms with Crippen LogP contribution in [0.5, 0.6) is 0 Å². The van der Waals surface area contributed by atoms with Gasteiger partial charge in [-0.2, -0.15) is 0 Å². The molecule has 0 saturated carbocycles. The second-order valence-electron chi connectivity index (χ2n) is 6.61. The molecule has 6 nitrogen and oxygen atoms in total. The molecule has 2 N–H and O–H groups in total. The number of benzene rings is 1. The molecule has 7 heteroatoms. The van der Waals surface area contributed by atoms with Crippen LogP contribution in [0.4, 0.5) is 5.69 Å². The summed E-state index contributed by atoms with van der Waals surface area (Å²) in [4.78, 5) is 26.8. The molecule has 0 radical (unpaired) electrons. The molecule has 1 aromatic rings. The molecule has 2 heterocycles. The van der Waals surface area contributed by atoms with Crippen molar-refractivity contribution in [2.75, 3.05) is 31.6 Å². The maximum Gasteiger partial charge on any atom is 0.255 e. The van der Waals surface area contributed by atoms with Gasteiger partial charge >= 0.3 is 0 Å². The third-order valence-corrected chi connectivity index (χ3v) is 5.08. The largest absolute Gasteiger partial charge is 0.378 e. The zero-order valence-electron chi connectivity index (χ0n) is 14.4. The summed E-state index contributed by atoms with van der Waals surface area (Å²) in [5, 5.41) is 6.27. The zero-order valence-corrected chi connectivity index (χ0v) is 15.1. The van der Waals surface area contributed by atoms with Gasteiger partial charge in [0, 0.05) is 24.8 Å². The number of hydrogen-bond donors (Lipinski definition) is 2. The van der Waals surface area contributed by atoms with Gasteiger partial charge in [-0.3, -0.25) is 9.59 Å². The Hall–Kier alpha value is -1.63. The average Bonchev–Trinajstić information content (AvgIpc) is 2.62. The summed E-state index contributed by atoms with van der Waals surface area (Å²) in [6.45, 7) is 4.45. The number of halogens is 1. The van der Waals surface area contributed by atoms with Crippen molar-refractivity contribution in [3.05, 3.63) is 28.8 Å². The Labute approximate surface area is 152 Å². The van der Waals surface area contributed by atoms with Crippen LogP contribution in [-0.4, -0.2) is 55.1 Å². The van der Waals surface area contributed by atoms with Crippen LogP contribution in [0.25, 0.3) is 0 Å².